The van der Waals surface area contributed by atoms with Crippen LogP contribution in [0.1, 0.15) is 10.4 Å². The molecule has 2 saturated heterocycles. The zero-order chi connectivity index (χ0) is 17.7. The SMILES string of the molecule is COc1cc2c(N3CC4OC(=O)N(C)C4C3)nccc2cc1C(N)=O. The van der Waals surface area contributed by atoms with Crippen molar-refractivity contribution in [3.8, 4) is 5.75 Å². The second-order valence-corrected chi connectivity index (χ2v) is 6.28. The lowest BCUT2D eigenvalue weighted by Gasteiger charge is -2.22. The lowest BCUT2D eigenvalue weighted by Crippen LogP contribution is -2.34. The number of methoxy groups -OCH3 is 1. The first kappa shape index (κ1) is 15.5. The molecule has 1 aromatic carbocycles. The van der Waals surface area contributed by atoms with Crippen molar-refractivity contribution in [2.24, 2.45) is 5.73 Å². The summed E-state index contributed by atoms with van der Waals surface area (Å²) in [6.45, 7) is 1.21. The van der Waals surface area contributed by atoms with Gasteiger partial charge in [-0.3, -0.25) is 4.79 Å². The van der Waals surface area contributed by atoms with Gasteiger partial charge in [-0.25, -0.2) is 9.78 Å². The van der Waals surface area contributed by atoms with Crippen LogP contribution in [-0.4, -0.2) is 61.3 Å². The molecule has 130 valence electrons. The Morgan fingerprint density at radius 1 is 1.40 bits per heavy atom. The summed E-state index contributed by atoms with van der Waals surface area (Å²) in [5.74, 6) is 0.643. The number of rotatable bonds is 3. The molecule has 1 aromatic heterocycles. The molecule has 0 radical (unpaired) electrons. The van der Waals surface area contributed by atoms with E-state index in [9.17, 15) is 9.59 Å². The van der Waals surface area contributed by atoms with Crippen LogP contribution in [0, 0.1) is 0 Å². The maximum Gasteiger partial charge on any atom is 0.410 e. The Kier molecular flexibility index (Phi) is 3.41. The molecule has 8 nitrogen and oxygen atoms in total. The van der Waals surface area contributed by atoms with Gasteiger partial charge in [-0.2, -0.15) is 0 Å². The first-order chi connectivity index (χ1) is 12.0. The van der Waals surface area contributed by atoms with Gasteiger partial charge in [0, 0.05) is 25.2 Å². The molecule has 4 rings (SSSR count). The maximum absolute atomic E-state index is 11.6. The number of benzene rings is 1. The number of carbonyl (C=O) groups excluding carboxylic acids is 2. The van der Waals surface area contributed by atoms with Crippen LogP contribution in [0.4, 0.5) is 10.6 Å². The molecule has 25 heavy (non-hydrogen) atoms. The normalized spacial score (nSPS) is 22.2. The number of carbonyl (C=O) groups is 2. The molecule has 2 aromatic rings. The fourth-order valence-electron chi connectivity index (χ4n) is 3.56. The molecule has 2 amide bonds. The highest BCUT2D eigenvalue weighted by atomic mass is 16.6. The summed E-state index contributed by atoms with van der Waals surface area (Å²) in [7, 11) is 3.24. The molecule has 2 fully saturated rings. The Labute approximate surface area is 144 Å². The monoisotopic (exact) mass is 342 g/mol. The van der Waals surface area contributed by atoms with E-state index in [1.807, 2.05) is 6.07 Å². The summed E-state index contributed by atoms with van der Waals surface area (Å²) in [5, 5.41) is 1.71. The van der Waals surface area contributed by atoms with E-state index in [0.717, 1.165) is 16.6 Å². The van der Waals surface area contributed by atoms with E-state index < -0.39 is 5.91 Å². The number of fused-ring (bicyclic) bond motifs is 2. The average molecular weight is 342 g/mol. The lowest BCUT2D eigenvalue weighted by molar-refractivity contribution is 0.0997. The van der Waals surface area contributed by atoms with Gasteiger partial charge in [0.1, 0.15) is 17.7 Å². The number of primary amides is 1. The number of ether oxygens (including phenoxy) is 2. The van der Waals surface area contributed by atoms with Crippen LogP contribution in [0.2, 0.25) is 0 Å². The highest BCUT2D eigenvalue weighted by molar-refractivity contribution is 6.03. The fourth-order valence-corrected chi connectivity index (χ4v) is 3.56. The fraction of sp³-hybridized carbons (Fsp3) is 0.353. The van der Waals surface area contributed by atoms with Crippen molar-refractivity contribution in [1.29, 1.82) is 0 Å². The van der Waals surface area contributed by atoms with Crippen LogP contribution >= 0.6 is 0 Å². The zero-order valence-electron chi connectivity index (χ0n) is 13.9. The molecule has 0 saturated carbocycles. The average Bonchev–Trinajstić information content (AvgIpc) is 3.12. The summed E-state index contributed by atoms with van der Waals surface area (Å²) in [5.41, 5.74) is 5.77. The second kappa shape index (κ2) is 5.51. The first-order valence-electron chi connectivity index (χ1n) is 7.94. The largest absolute Gasteiger partial charge is 0.496 e. The minimum atomic E-state index is -0.540. The zero-order valence-corrected chi connectivity index (χ0v) is 13.9. The lowest BCUT2D eigenvalue weighted by atomic mass is 10.1. The second-order valence-electron chi connectivity index (χ2n) is 6.28. The number of nitrogens with zero attached hydrogens (tertiary/aromatic N) is 3. The number of aromatic nitrogens is 1. The first-order valence-corrected chi connectivity index (χ1v) is 7.94. The number of likely N-dealkylation sites (N-methyl/N-ethyl adjacent to an activating group) is 1. The van der Waals surface area contributed by atoms with E-state index in [4.69, 9.17) is 15.2 Å². The molecule has 2 N–H and O–H groups in total. The third-order valence-electron chi connectivity index (χ3n) is 4.90. The molecule has 8 heteroatoms. The molecule has 2 aliphatic rings. The van der Waals surface area contributed by atoms with Crippen molar-refractivity contribution in [2.45, 2.75) is 12.1 Å². The molecular formula is C17H18N4O4. The molecule has 2 aliphatic heterocycles. The van der Waals surface area contributed by atoms with Gasteiger partial charge >= 0.3 is 6.09 Å². The number of anilines is 1. The molecule has 0 bridgehead atoms. The van der Waals surface area contributed by atoms with Gasteiger partial charge in [0.25, 0.3) is 5.91 Å². The van der Waals surface area contributed by atoms with E-state index >= 15 is 0 Å². The summed E-state index contributed by atoms with van der Waals surface area (Å²) in [6, 6.07) is 5.33. The van der Waals surface area contributed by atoms with Gasteiger partial charge < -0.3 is 25.0 Å². The molecule has 2 unspecified atom stereocenters. The highest BCUT2D eigenvalue weighted by Gasteiger charge is 2.46. The Morgan fingerprint density at radius 3 is 2.88 bits per heavy atom. The summed E-state index contributed by atoms with van der Waals surface area (Å²) >= 11 is 0. The van der Waals surface area contributed by atoms with Crippen LogP contribution in [0.15, 0.2) is 24.4 Å². The van der Waals surface area contributed by atoms with Gasteiger partial charge in [-0.05, 0) is 23.6 Å². The highest BCUT2D eigenvalue weighted by Crippen LogP contribution is 2.35. The van der Waals surface area contributed by atoms with Crippen LogP contribution in [-0.2, 0) is 4.74 Å². The van der Waals surface area contributed by atoms with E-state index in [0.29, 0.717) is 24.4 Å². The molecule has 0 aliphatic carbocycles. The predicted molar refractivity (Wildman–Crippen MR) is 90.8 cm³/mol. The van der Waals surface area contributed by atoms with Crippen molar-refractivity contribution in [3.63, 3.8) is 0 Å². The topological polar surface area (TPSA) is 98.0 Å². The van der Waals surface area contributed by atoms with Gasteiger partial charge in [-0.15, -0.1) is 0 Å². The number of hydrogen-bond acceptors (Lipinski definition) is 6. The van der Waals surface area contributed by atoms with E-state index in [1.54, 1.807) is 30.3 Å². The van der Waals surface area contributed by atoms with Crippen molar-refractivity contribution < 1.29 is 19.1 Å². The summed E-state index contributed by atoms with van der Waals surface area (Å²) < 4.78 is 10.7. The predicted octanol–water partition coefficient (Wildman–Crippen LogP) is 0.981. The third-order valence-corrected chi connectivity index (χ3v) is 4.90. The molecule has 2 atom stereocenters. The third kappa shape index (κ3) is 2.33. The summed E-state index contributed by atoms with van der Waals surface area (Å²) in [6.07, 6.45) is 1.24. The quantitative estimate of drug-likeness (QED) is 0.893. The molecular weight excluding hydrogens is 324 g/mol. The van der Waals surface area contributed by atoms with Gasteiger partial charge in [-0.1, -0.05) is 0 Å². The van der Waals surface area contributed by atoms with Crippen LogP contribution in [0.25, 0.3) is 10.8 Å². The van der Waals surface area contributed by atoms with Crippen molar-refractivity contribution in [3.05, 3.63) is 30.0 Å². The smallest absolute Gasteiger partial charge is 0.410 e. The van der Waals surface area contributed by atoms with E-state index in [2.05, 4.69) is 9.88 Å². The molecule has 3 heterocycles. The number of nitrogens with two attached hydrogens (primary N) is 1. The van der Waals surface area contributed by atoms with Crippen molar-refractivity contribution in [2.75, 3.05) is 32.1 Å². The van der Waals surface area contributed by atoms with E-state index in [-0.39, 0.29) is 18.2 Å². The van der Waals surface area contributed by atoms with Gasteiger partial charge in [0.15, 0.2) is 0 Å². The van der Waals surface area contributed by atoms with E-state index in [1.165, 1.54) is 7.11 Å². The summed E-state index contributed by atoms with van der Waals surface area (Å²) in [4.78, 5) is 31.5. The maximum atomic E-state index is 11.6. The Morgan fingerprint density at radius 2 is 2.20 bits per heavy atom. The number of hydrogen-bond donors (Lipinski definition) is 1. The Balaban J connectivity index is 1.76. The van der Waals surface area contributed by atoms with Crippen LogP contribution < -0.4 is 15.4 Å². The van der Waals surface area contributed by atoms with Crippen LogP contribution in [0.5, 0.6) is 5.75 Å². The van der Waals surface area contributed by atoms with Crippen molar-refractivity contribution in [1.82, 2.24) is 9.88 Å². The standard InChI is InChI=1S/C17H18N4O4/c1-20-12-7-21(8-14(12)25-17(20)23)16-10-6-13(24-2)11(15(18)22)5-9(10)3-4-19-16/h3-6,12,14H,7-8H2,1-2H3,(H2,18,22). The van der Waals surface area contributed by atoms with Crippen LogP contribution in [0.3, 0.4) is 0 Å². The van der Waals surface area contributed by atoms with Gasteiger partial charge in [0.05, 0.1) is 25.3 Å². The van der Waals surface area contributed by atoms with Crippen molar-refractivity contribution >= 4 is 28.6 Å². The van der Waals surface area contributed by atoms with Gasteiger partial charge in [0.2, 0.25) is 0 Å². The number of amides is 2. The minimum Gasteiger partial charge on any atom is -0.496 e. The Hall–Kier alpha value is -3.03. The Bertz CT molecular complexity index is 884. The minimum absolute atomic E-state index is 0.0105. The molecule has 0 spiro atoms. The number of pyridine rings is 1.